The van der Waals surface area contributed by atoms with Gasteiger partial charge in [-0.3, -0.25) is 4.79 Å². The molecule has 20 heavy (non-hydrogen) atoms. The third-order valence-electron chi connectivity index (χ3n) is 2.63. The fraction of sp³-hybridized carbons (Fsp3) is 0.462. The van der Waals surface area contributed by atoms with Crippen molar-refractivity contribution in [2.75, 3.05) is 44.3 Å². The fourth-order valence-corrected chi connectivity index (χ4v) is 1.68. The minimum Gasteiger partial charge on any atom is -0.454 e. The number of nitrogen functional groups attached to an aromatic ring is 1. The summed E-state index contributed by atoms with van der Waals surface area (Å²) in [5.74, 6) is 0.854. The summed E-state index contributed by atoms with van der Waals surface area (Å²) < 4.78 is 20.7. The molecule has 0 saturated carbocycles. The summed E-state index contributed by atoms with van der Waals surface area (Å²) in [6.45, 7) is 3.47. The molecule has 0 saturated heterocycles. The summed E-state index contributed by atoms with van der Waals surface area (Å²) in [7, 11) is 0. The molecule has 1 aliphatic heterocycles. The van der Waals surface area contributed by atoms with Crippen LogP contribution < -0.4 is 20.5 Å². The smallest absolute Gasteiger partial charge is 0.250 e. The summed E-state index contributed by atoms with van der Waals surface area (Å²) in [6, 6.07) is 3.25. The molecule has 2 rings (SSSR count). The highest BCUT2D eigenvalue weighted by atomic mass is 16.7. The van der Waals surface area contributed by atoms with Gasteiger partial charge in [0, 0.05) is 18.7 Å². The molecule has 0 atom stereocenters. The topological polar surface area (TPSA) is 92.0 Å². The van der Waals surface area contributed by atoms with Crippen LogP contribution in [0.4, 0.5) is 11.4 Å². The third-order valence-corrected chi connectivity index (χ3v) is 2.63. The number of fused-ring (bicyclic) bond motifs is 1. The van der Waals surface area contributed by atoms with Crippen molar-refractivity contribution in [3.8, 4) is 11.5 Å². The normalized spacial score (nSPS) is 12.4. The lowest BCUT2D eigenvalue weighted by molar-refractivity contribution is -0.121. The molecule has 0 unspecified atom stereocenters. The molecule has 110 valence electrons. The molecule has 1 heterocycles. The predicted molar refractivity (Wildman–Crippen MR) is 72.9 cm³/mol. The second kappa shape index (κ2) is 6.97. The van der Waals surface area contributed by atoms with Crippen molar-refractivity contribution in [2.45, 2.75) is 6.92 Å². The van der Waals surface area contributed by atoms with Gasteiger partial charge in [-0.05, 0) is 6.92 Å². The van der Waals surface area contributed by atoms with Gasteiger partial charge in [-0.2, -0.15) is 0 Å². The van der Waals surface area contributed by atoms with Gasteiger partial charge in [0.05, 0.1) is 24.6 Å². The molecule has 0 spiro atoms. The maximum atomic E-state index is 11.7. The highest BCUT2D eigenvalue weighted by Crippen LogP contribution is 2.38. The Kier molecular flexibility index (Phi) is 5.03. The van der Waals surface area contributed by atoms with Gasteiger partial charge < -0.3 is 30.0 Å². The first-order valence-corrected chi connectivity index (χ1v) is 6.35. The van der Waals surface area contributed by atoms with E-state index in [-0.39, 0.29) is 19.3 Å². The first-order chi connectivity index (χ1) is 9.70. The van der Waals surface area contributed by atoms with E-state index in [1.54, 1.807) is 12.1 Å². The first-order valence-electron chi connectivity index (χ1n) is 6.35. The zero-order valence-electron chi connectivity index (χ0n) is 11.3. The molecular weight excluding hydrogens is 264 g/mol. The van der Waals surface area contributed by atoms with Crippen molar-refractivity contribution in [1.29, 1.82) is 0 Å². The standard InChI is InChI=1S/C13H18N2O5/c1-2-17-3-4-18-7-13(16)15-10-6-12-11(5-9(10)14)19-8-20-12/h5-6H,2-4,7-8,14H2,1H3,(H,15,16). The van der Waals surface area contributed by atoms with E-state index < -0.39 is 0 Å². The van der Waals surface area contributed by atoms with Gasteiger partial charge in [-0.1, -0.05) is 0 Å². The number of hydrogen-bond acceptors (Lipinski definition) is 6. The number of carbonyl (C=O) groups excluding carboxylic acids is 1. The lowest BCUT2D eigenvalue weighted by Gasteiger charge is -2.09. The summed E-state index contributed by atoms with van der Waals surface area (Å²) in [5, 5.41) is 2.67. The molecule has 7 heteroatoms. The zero-order chi connectivity index (χ0) is 14.4. The maximum absolute atomic E-state index is 11.7. The lowest BCUT2D eigenvalue weighted by atomic mass is 10.2. The predicted octanol–water partition coefficient (Wildman–Crippen LogP) is 0.989. The van der Waals surface area contributed by atoms with E-state index >= 15 is 0 Å². The van der Waals surface area contributed by atoms with Gasteiger partial charge in [-0.25, -0.2) is 0 Å². The van der Waals surface area contributed by atoms with Crippen LogP contribution in [0.5, 0.6) is 11.5 Å². The molecule has 3 N–H and O–H groups in total. The van der Waals surface area contributed by atoms with E-state index in [4.69, 9.17) is 24.7 Å². The van der Waals surface area contributed by atoms with Crippen molar-refractivity contribution >= 4 is 17.3 Å². The van der Waals surface area contributed by atoms with Crippen LogP contribution in [0.1, 0.15) is 6.92 Å². The summed E-state index contributed by atoms with van der Waals surface area (Å²) in [5.41, 5.74) is 6.72. The molecule has 1 amide bonds. The van der Waals surface area contributed by atoms with Crippen LogP contribution >= 0.6 is 0 Å². The first kappa shape index (κ1) is 14.4. The third kappa shape index (κ3) is 3.75. The minimum absolute atomic E-state index is 0.0546. The monoisotopic (exact) mass is 282 g/mol. The Hall–Kier alpha value is -1.99. The van der Waals surface area contributed by atoms with Crippen LogP contribution in [-0.2, 0) is 14.3 Å². The Bertz CT molecular complexity index is 478. The Labute approximate surface area is 116 Å². The quantitative estimate of drug-likeness (QED) is 0.572. The summed E-state index contributed by atoms with van der Waals surface area (Å²) in [6.07, 6.45) is 0. The SMILES string of the molecule is CCOCCOCC(=O)Nc1cc2c(cc1N)OCO2. The van der Waals surface area contributed by atoms with Crippen molar-refractivity contribution in [2.24, 2.45) is 0 Å². The van der Waals surface area contributed by atoms with E-state index in [9.17, 15) is 4.79 Å². The number of nitrogens with two attached hydrogens (primary N) is 1. The number of nitrogens with one attached hydrogen (secondary N) is 1. The van der Waals surface area contributed by atoms with Crippen LogP contribution in [0.3, 0.4) is 0 Å². The molecule has 0 fully saturated rings. The number of carbonyl (C=O) groups is 1. The molecule has 0 aromatic heterocycles. The minimum atomic E-state index is -0.285. The number of benzene rings is 1. The molecule has 1 aromatic carbocycles. The number of ether oxygens (including phenoxy) is 4. The molecule has 7 nitrogen and oxygen atoms in total. The van der Waals surface area contributed by atoms with E-state index in [2.05, 4.69) is 5.32 Å². The summed E-state index contributed by atoms with van der Waals surface area (Å²) >= 11 is 0. The van der Waals surface area contributed by atoms with Crippen LogP contribution in [-0.4, -0.2) is 39.1 Å². The van der Waals surface area contributed by atoms with E-state index in [1.807, 2.05) is 6.92 Å². The van der Waals surface area contributed by atoms with E-state index in [0.717, 1.165) is 0 Å². The Morgan fingerprint density at radius 3 is 2.75 bits per heavy atom. The van der Waals surface area contributed by atoms with Gasteiger partial charge in [0.1, 0.15) is 6.61 Å². The van der Waals surface area contributed by atoms with E-state index in [1.165, 1.54) is 0 Å². The Balaban J connectivity index is 1.82. The average Bonchev–Trinajstić information content (AvgIpc) is 2.86. The molecular formula is C13H18N2O5. The van der Waals surface area contributed by atoms with Crippen LogP contribution in [0.25, 0.3) is 0 Å². The second-order valence-corrected chi connectivity index (χ2v) is 4.09. The zero-order valence-corrected chi connectivity index (χ0v) is 11.3. The van der Waals surface area contributed by atoms with Crippen molar-refractivity contribution in [1.82, 2.24) is 0 Å². The van der Waals surface area contributed by atoms with Crippen LogP contribution in [0.15, 0.2) is 12.1 Å². The number of rotatable bonds is 7. The lowest BCUT2D eigenvalue weighted by Crippen LogP contribution is -2.20. The molecule has 0 aliphatic carbocycles. The van der Waals surface area contributed by atoms with Gasteiger partial charge in [-0.15, -0.1) is 0 Å². The highest BCUT2D eigenvalue weighted by molar-refractivity contribution is 5.95. The molecule has 0 bridgehead atoms. The van der Waals surface area contributed by atoms with Crippen LogP contribution in [0, 0.1) is 0 Å². The van der Waals surface area contributed by atoms with Gasteiger partial charge in [0.2, 0.25) is 12.7 Å². The van der Waals surface area contributed by atoms with Crippen molar-refractivity contribution < 1.29 is 23.7 Å². The summed E-state index contributed by atoms with van der Waals surface area (Å²) in [4.78, 5) is 11.7. The Morgan fingerprint density at radius 2 is 2.00 bits per heavy atom. The van der Waals surface area contributed by atoms with Gasteiger partial charge in [0.15, 0.2) is 11.5 Å². The van der Waals surface area contributed by atoms with E-state index in [0.29, 0.717) is 42.7 Å². The van der Waals surface area contributed by atoms with Crippen molar-refractivity contribution in [3.05, 3.63) is 12.1 Å². The Morgan fingerprint density at radius 1 is 1.30 bits per heavy atom. The number of anilines is 2. The molecule has 1 aliphatic rings. The van der Waals surface area contributed by atoms with Gasteiger partial charge in [0.25, 0.3) is 0 Å². The number of amides is 1. The molecule has 1 aromatic rings. The average molecular weight is 282 g/mol. The van der Waals surface area contributed by atoms with Crippen LogP contribution in [0.2, 0.25) is 0 Å². The largest absolute Gasteiger partial charge is 0.454 e. The molecule has 0 radical (unpaired) electrons. The van der Waals surface area contributed by atoms with Crippen molar-refractivity contribution in [3.63, 3.8) is 0 Å². The fourth-order valence-electron chi connectivity index (χ4n) is 1.68. The second-order valence-electron chi connectivity index (χ2n) is 4.09. The number of hydrogen-bond donors (Lipinski definition) is 2. The maximum Gasteiger partial charge on any atom is 0.250 e. The highest BCUT2D eigenvalue weighted by Gasteiger charge is 2.17. The van der Waals surface area contributed by atoms with Gasteiger partial charge >= 0.3 is 0 Å².